The molecule has 0 spiro atoms. The third-order valence-corrected chi connectivity index (χ3v) is 2.05. The van der Waals surface area contributed by atoms with Crippen molar-refractivity contribution in [2.45, 2.75) is 13.0 Å². The van der Waals surface area contributed by atoms with Crippen molar-refractivity contribution < 1.29 is 5.11 Å². The first kappa shape index (κ1) is 7.49. The first-order chi connectivity index (χ1) is 5.92. The Morgan fingerprint density at radius 1 is 1.58 bits per heavy atom. The van der Waals surface area contributed by atoms with Crippen molar-refractivity contribution in [1.29, 1.82) is 0 Å². The van der Waals surface area contributed by atoms with E-state index in [2.05, 4.69) is 21.2 Å². The summed E-state index contributed by atoms with van der Waals surface area (Å²) in [5, 5.41) is 8.97. The van der Waals surface area contributed by atoms with E-state index in [1.165, 1.54) is 6.42 Å². The molecule has 4 heteroatoms. The Morgan fingerprint density at radius 3 is 3.00 bits per heavy atom. The van der Waals surface area contributed by atoms with Crippen LogP contribution in [0.25, 0.3) is 0 Å². The van der Waals surface area contributed by atoms with Gasteiger partial charge in [0.2, 0.25) is 0 Å². The molecule has 1 aromatic heterocycles. The van der Waals surface area contributed by atoms with Crippen molar-refractivity contribution in [3.05, 3.63) is 18.1 Å². The molecule has 4 nitrogen and oxygen atoms in total. The van der Waals surface area contributed by atoms with Crippen molar-refractivity contribution in [3.63, 3.8) is 0 Å². The van der Waals surface area contributed by atoms with Crippen LogP contribution < -0.4 is 4.90 Å². The molecule has 1 saturated heterocycles. The van der Waals surface area contributed by atoms with Gasteiger partial charge in [-0.3, -0.25) is 0 Å². The third kappa shape index (κ3) is 1.14. The standard InChI is InChI=1S/C8H10N3O/c12-5-7-4-9-6-10-8(7)11-2-1-3-11/h4,12H,1-3,5H2. The largest absolute Gasteiger partial charge is 0.391 e. The van der Waals surface area contributed by atoms with Crippen LogP contribution in [-0.2, 0) is 6.61 Å². The first-order valence-corrected chi connectivity index (χ1v) is 3.99. The van der Waals surface area contributed by atoms with Gasteiger partial charge in [-0.1, -0.05) is 0 Å². The molecular weight excluding hydrogens is 154 g/mol. The van der Waals surface area contributed by atoms with Gasteiger partial charge in [0.05, 0.1) is 6.61 Å². The summed E-state index contributed by atoms with van der Waals surface area (Å²) in [7, 11) is 0. The van der Waals surface area contributed by atoms with E-state index in [4.69, 9.17) is 5.11 Å². The molecule has 2 rings (SSSR count). The summed E-state index contributed by atoms with van der Waals surface area (Å²) >= 11 is 0. The second kappa shape index (κ2) is 3.06. The molecule has 2 heterocycles. The van der Waals surface area contributed by atoms with E-state index in [1.807, 2.05) is 0 Å². The Hall–Kier alpha value is -1.16. The highest BCUT2D eigenvalue weighted by atomic mass is 16.3. The smallest absolute Gasteiger partial charge is 0.199 e. The Morgan fingerprint density at radius 2 is 2.42 bits per heavy atom. The first-order valence-electron chi connectivity index (χ1n) is 3.99. The maximum atomic E-state index is 8.97. The van der Waals surface area contributed by atoms with Gasteiger partial charge in [0.15, 0.2) is 6.33 Å². The number of aromatic nitrogens is 2. The zero-order chi connectivity index (χ0) is 8.39. The highest BCUT2D eigenvalue weighted by molar-refractivity contribution is 5.46. The van der Waals surface area contributed by atoms with Crippen molar-refractivity contribution in [2.24, 2.45) is 0 Å². The number of aliphatic hydroxyl groups is 1. The molecule has 0 unspecified atom stereocenters. The minimum absolute atomic E-state index is 0.000509. The summed E-state index contributed by atoms with van der Waals surface area (Å²) in [5.41, 5.74) is 0.786. The average molecular weight is 164 g/mol. The maximum absolute atomic E-state index is 8.97. The summed E-state index contributed by atoms with van der Waals surface area (Å²) in [5.74, 6) is 0.832. The normalized spacial score (nSPS) is 15.9. The van der Waals surface area contributed by atoms with Crippen LogP contribution >= 0.6 is 0 Å². The molecule has 0 saturated carbocycles. The number of nitrogens with zero attached hydrogens (tertiary/aromatic N) is 3. The fourth-order valence-corrected chi connectivity index (χ4v) is 1.23. The monoisotopic (exact) mass is 164 g/mol. The van der Waals surface area contributed by atoms with Crippen LogP contribution in [0.15, 0.2) is 6.20 Å². The molecule has 1 aliphatic rings. The predicted octanol–water partition coefficient (Wildman–Crippen LogP) is -0.0208. The van der Waals surface area contributed by atoms with E-state index in [0.717, 1.165) is 24.5 Å². The van der Waals surface area contributed by atoms with Crippen LogP contribution in [0.5, 0.6) is 0 Å². The summed E-state index contributed by atoms with van der Waals surface area (Å²) in [6.45, 7) is 2.05. The molecule has 0 bridgehead atoms. The van der Waals surface area contributed by atoms with Gasteiger partial charge in [0, 0.05) is 24.8 Å². The van der Waals surface area contributed by atoms with Gasteiger partial charge in [0.1, 0.15) is 5.82 Å². The number of hydrogen-bond donors (Lipinski definition) is 1. The molecule has 0 aliphatic carbocycles. The topological polar surface area (TPSA) is 49.3 Å². The molecular formula is C8H10N3O. The van der Waals surface area contributed by atoms with Gasteiger partial charge in [-0.05, 0) is 6.42 Å². The lowest BCUT2D eigenvalue weighted by molar-refractivity contribution is 0.280. The van der Waals surface area contributed by atoms with E-state index in [0.29, 0.717) is 0 Å². The molecule has 12 heavy (non-hydrogen) atoms. The molecule has 1 N–H and O–H groups in total. The Labute approximate surface area is 70.9 Å². The fourth-order valence-electron chi connectivity index (χ4n) is 1.23. The van der Waals surface area contributed by atoms with Gasteiger partial charge in [-0.2, -0.15) is 0 Å². The van der Waals surface area contributed by atoms with E-state index < -0.39 is 0 Å². The molecule has 0 aromatic carbocycles. The zero-order valence-corrected chi connectivity index (χ0v) is 6.69. The minimum Gasteiger partial charge on any atom is -0.391 e. The van der Waals surface area contributed by atoms with E-state index in [-0.39, 0.29) is 6.61 Å². The molecule has 0 atom stereocenters. The highest BCUT2D eigenvalue weighted by Crippen LogP contribution is 2.20. The maximum Gasteiger partial charge on any atom is 0.199 e. The molecule has 1 aromatic rings. The molecule has 1 fully saturated rings. The SMILES string of the molecule is OCc1cn[c]nc1N1CCC1. The summed E-state index contributed by atoms with van der Waals surface area (Å²) < 4.78 is 0. The van der Waals surface area contributed by atoms with Crippen LogP contribution in [0.4, 0.5) is 5.82 Å². The zero-order valence-electron chi connectivity index (χ0n) is 6.69. The van der Waals surface area contributed by atoms with E-state index in [9.17, 15) is 0 Å². The van der Waals surface area contributed by atoms with Gasteiger partial charge in [0.25, 0.3) is 0 Å². The predicted molar refractivity (Wildman–Crippen MR) is 43.6 cm³/mol. The van der Waals surface area contributed by atoms with E-state index in [1.54, 1.807) is 6.20 Å². The van der Waals surface area contributed by atoms with Crippen LogP contribution in [0.1, 0.15) is 12.0 Å². The number of anilines is 1. The summed E-state index contributed by atoms with van der Waals surface area (Å²) in [6.07, 6.45) is 5.35. The van der Waals surface area contributed by atoms with Crippen molar-refractivity contribution in [1.82, 2.24) is 9.97 Å². The van der Waals surface area contributed by atoms with Crippen LogP contribution in [0.2, 0.25) is 0 Å². The molecule has 1 aliphatic heterocycles. The quantitative estimate of drug-likeness (QED) is 0.667. The van der Waals surface area contributed by atoms with Crippen LogP contribution in [-0.4, -0.2) is 28.2 Å². The minimum atomic E-state index is 0.000509. The second-order valence-corrected chi connectivity index (χ2v) is 2.82. The molecule has 1 radical (unpaired) electrons. The number of rotatable bonds is 2. The molecule has 0 amide bonds. The van der Waals surface area contributed by atoms with Crippen molar-refractivity contribution in [2.75, 3.05) is 18.0 Å². The summed E-state index contributed by atoms with van der Waals surface area (Å²) in [6, 6.07) is 0. The lowest BCUT2D eigenvalue weighted by Gasteiger charge is -2.32. The van der Waals surface area contributed by atoms with Crippen LogP contribution in [0.3, 0.4) is 0 Å². The van der Waals surface area contributed by atoms with Gasteiger partial charge in [-0.15, -0.1) is 0 Å². The van der Waals surface area contributed by atoms with Crippen molar-refractivity contribution >= 4 is 5.82 Å². The summed E-state index contributed by atoms with van der Waals surface area (Å²) in [4.78, 5) is 9.85. The average Bonchev–Trinajstić information content (AvgIpc) is 2.02. The fraction of sp³-hybridized carbons (Fsp3) is 0.500. The van der Waals surface area contributed by atoms with E-state index >= 15 is 0 Å². The van der Waals surface area contributed by atoms with Gasteiger partial charge < -0.3 is 10.0 Å². The lowest BCUT2D eigenvalue weighted by atomic mass is 10.2. The number of aliphatic hydroxyl groups excluding tert-OH is 1. The van der Waals surface area contributed by atoms with Gasteiger partial charge in [-0.25, -0.2) is 9.97 Å². The van der Waals surface area contributed by atoms with Crippen LogP contribution in [0, 0.1) is 6.33 Å². The van der Waals surface area contributed by atoms with Gasteiger partial charge >= 0.3 is 0 Å². The Balaban J connectivity index is 2.27. The molecule has 63 valence electrons. The highest BCUT2D eigenvalue weighted by Gasteiger charge is 2.18. The number of hydrogen-bond acceptors (Lipinski definition) is 4. The third-order valence-electron chi connectivity index (χ3n) is 2.05. The second-order valence-electron chi connectivity index (χ2n) is 2.82. The van der Waals surface area contributed by atoms with Crippen molar-refractivity contribution in [3.8, 4) is 0 Å². The Bertz CT molecular complexity index is 273. The lowest BCUT2D eigenvalue weighted by Crippen LogP contribution is -2.38. The Kier molecular flexibility index (Phi) is 1.91.